The quantitative estimate of drug-likeness (QED) is 0.660. The monoisotopic (exact) mass is 168 g/mol. The van der Waals surface area contributed by atoms with E-state index in [9.17, 15) is 0 Å². The van der Waals surface area contributed by atoms with Crippen LogP contribution in [0.5, 0.6) is 0 Å². The van der Waals surface area contributed by atoms with Crippen molar-refractivity contribution >= 4 is 0 Å². The van der Waals surface area contributed by atoms with Crippen molar-refractivity contribution in [2.75, 3.05) is 13.1 Å². The Morgan fingerprint density at radius 2 is 1.83 bits per heavy atom. The van der Waals surface area contributed by atoms with Crippen molar-refractivity contribution in [2.24, 2.45) is 5.92 Å². The van der Waals surface area contributed by atoms with E-state index in [-0.39, 0.29) is 0 Å². The fourth-order valence-electron chi connectivity index (χ4n) is 2.09. The standard InChI is InChI=1S/C10H20N2/c1-8(9-2-3-9)12-10-4-6-11-7-5-10/h8-12H,2-7H2,1H3. The van der Waals surface area contributed by atoms with Gasteiger partial charge in [-0.05, 0) is 51.6 Å². The number of hydrogen-bond acceptors (Lipinski definition) is 2. The molecule has 1 saturated heterocycles. The number of hydrogen-bond donors (Lipinski definition) is 2. The van der Waals surface area contributed by atoms with Crippen LogP contribution in [0.3, 0.4) is 0 Å². The minimum Gasteiger partial charge on any atom is -0.317 e. The first kappa shape index (κ1) is 8.52. The highest BCUT2D eigenvalue weighted by Gasteiger charge is 2.29. The minimum atomic E-state index is 0.771. The third kappa shape index (κ3) is 2.20. The molecule has 70 valence electrons. The van der Waals surface area contributed by atoms with E-state index in [2.05, 4.69) is 17.6 Å². The summed E-state index contributed by atoms with van der Waals surface area (Å²) in [5, 5.41) is 7.13. The Labute approximate surface area is 75.1 Å². The van der Waals surface area contributed by atoms with Crippen molar-refractivity contribution < 1.29 is 0 Å². The smallest absolute Gasteiger partial charge is 0.00938 e. The molecule has 0 aromatic heterocycles. The fraction of sp³-hybridized carbons (Fsp3) is 1.00. The van der Waals surface area contributed by atoms with Gasteiger partial charge in [-0.3, -0.25) is 0 Å². The van der Waals surface area contributed by atoms with Crippen molar-refractivity contribution in [3.63, 3.8) is 0 Å². The third-order valence-corrected chi connectivity index (χ3v) is 3.17. The van der Waals surface area contributed by atoms with E-state index in [1.54, 1.807) is 0 Å². The first-order valence-corrected chi connectivity index (χ1v) is 5.33. The van der Waals surface area contributed by atoms with Crippen molar-refractivity contribution in [3.05, 3.63) is 0 Å². The van der Waals surface area contributed by atoms with E-state index >= 15 is 0 Å². The predicted molar refractivity (Wildman–Crippen MR) is 51.2 cm³/mol. The molecule has 0 radical (unpaired) electrons. The predicted octanol–water partition coefficient (Wildman–Crippen LogP) is 1.13. The molecule has 1 atom stereocenters. The van der Waals surface area contributed by atoms with Gasteiger partial charge in [0.05, 0.1) is 0 Å². The van der Waals surface area contributed by atoms with Crippen LogP contribution in [0.25, 0.3) is 0 Å². The maximum Gasteiger partial charge on any atom is 0.00938 e. The van der Waals surface area contributed by atoms with Gasteiger partial charge in [-0.2, -0.15) is 0 Å². The van der Waals surface area contributed by atoms with Gasteiger partial charge < -0.3 is 10.6 Å². The van der Waals surface area contributed by atoms with Crippen molar-refractivity contribution in [2.45, 2.75) is 44.7 Å². The summed E-state index contributed by atoms with van der Waals surface area (Å²) in [6, 6.07) is 1.56. The zero-order valence-corrected chi connectivity index (χ0v) is 7.97. The Hall–Kier alpha value is -0.0800. The minimum absolute atomic E-state index is 0.771. The molecule has 2 aliphatic rings. The van der Waals surface area contributed by atoms with Crippen LogP contribution in [0.1, 0.15) is 32.6 Å². The third-order valence-electron chi connectivity index (χ3n) is 3.17. The second-order valence-electron chi connectivity index (χ2n) is 4.32. The SMILES string of the molecule is CC(NC1CCNCC1)C1CC1. The van der Waals surface area contributed by atoms with Gasteiger partial charge in [0, 0.05) is 12.1 Å². The Morgan fingerprint density at radius 1 is 1.17 bits per heavy atom. The molecule has 2 fully saturated rings. The van der Waals surface area contributed by atoms with Gasteiger partial charge in [-0.25, -0.2) is 0 Å². The molecular formula is C10H20N2. The summed E-state index contributed by atoms with van der Waals surface area (Å²) in [6.45, 7) is 4.75. The molecule has 0 aromatic rings. The molecule has 2 heteroatoms. The van der Waals surface area contributed by atoms with E-state index < -0.39 is 0 Å². The first-order valence-electron chi connectivity index (χ1n) is 5.33. The fourth-order valence-corrected chi connectivity index (χ4v) is 2.09. The van der Waals surface area contributed by atoms with Gasteiger partial charge in [0.15, 0.2) is 0 Å². The Kier molecular flexibility index (Phi) is 2.66. The highest BCUT2D eigenvalue weighted by molar-refractivity contribution is 4.86. The van der Waals surface area contributed by atoms with Gasteiger partial charge in [0.2, 0.25) is 0 Å². The van der Waals surface area contributed by atoms with Crippen LogP contribution in [-0.2, 0) is 0 Å². The van der Waals surface area contributed by atoms with E-state index in [0.29, 0.717) is 0 Å². The number of nitrogens with one attached hydrogen (secondary N) is 2. The van der Waals surface area contributed by atoms with Crippen LogP contribution in [0.4, 0.5) is 0 Å². The number of piperidine rings is 1. The summed E-state index contributed by atoms with van der Waals surface area (Å²) in [5.41, 5.74) is 0. The Morgan fingerprint density at radius 3 is 2.42 bits per heavy atom. The molecule has 1 heterocycles. The molecular weight excluding hydrogens is 148 g/mol. The van der Waals surface area contributed by atoms with Gasteiger partial charge >= 0.3 is 0 Å². The van der Waals surface area contributed by atoms with Gasteiger partial charge in [-0.1, -0.05) is 0 Å². The van der Waals surface area contributed by atoms with Gasteiger partial charge in [0.1, 0.15) is 0 Å². The molecule has 2 N–H and O–H groups in total. The summed E-state index contributed by atoms with van der Waals surface area (Å²) in [5.74, 6) is 1.000. The van der Waals surface area contributed by atoms with Crippen LogP contribution in [-0.4, -0.2) is 25.2 Å². The summed E-state index contributed by atoms with van der Waals surface area (Å²) in [7, 11) is 0. The molecule has 1 unspecified atom stereocenters. The van der Waals surface area contributed by atoms with Crippen molar-refractivity contribution in [3.8, 4) is 0 Å². The number of rotatable bonds is 3. The molecule has 0 bridgehead atoms. The summed E-state index contributed by atoms with van der Waals surface area (Å²) < 4.78 is 0. The maximum absolute atomic E-state index is 3.74. The summed E-state index contributed by atoms with van der Waals surface area (Å²) in [6.07, 6.45) is 5.55. The second-order valence-corrected chi connectivity index (χ2v) is 4.32. The van der Waals surface area contributed by atoms with Crippen LogP contribution < -0.4 is 10.6 Å². The normalized spacial score (nSPS) is 28.8. The largest absolute Gasteiger partial charge is 0.317 e. The van der Waals surface area contributed by atoms with E-state index in [1.165, 1.54) is 38.8 Å². The molecule has 0 spiro atoms. The summed E-state index contributed by atoms with van der Waals surface area (Å²) >= 11 is 0. The van der Waals surface area contributed by atoms with E-state index in [1.807, 2.05) is 0 Å². The first-order chi connectivity index (χ1) is 5.86. The molecule has 0 amide bonds. The van der Waals surface area contributed by atoms with Crippen LogP contribution >= 0.6 is 0 Å². The lowest BCUT2D eigenvalue weighted by molar-refractivity contribution is 0.341. The van der Waals surface area contributed by atoms with Gasteiger partial charge in [0.25, 0.3) is 0 Å². The Balaban J connectivity index is 1.69. The van der Waals surface area contributed by atoms with Gasteiger partial charge in [-0.15, -0.1) is 0 Å². The summed E-state index contributed by atoms with van der Waals surface area (Å²) in [4.78, 5) is 0. The highest BCUT2D eigenvalue weighted by Crippen LogP contribution is 2.32. The average Bonchev–Trinajstić information content (AvgIpc) is 2.88. The molecule has 0 aromatic carbocycles. The molecule has 1 aliphatic heterocycles. The molecule has 2 rings (SSSR count). The van der Waals surface area contributed by atoms with Crippen LogP contribution in [0, 0.1) is 5.92 Å². The topological polar surface area (TPSA) is 24.1 Å². The van der Waals surface area contributed by atoms with Crippen molar-refractivity contribution in [1.29, 1.82) is 0 Å². The average molecular weight is 168 g/mol. The van der Waals surface area contributed by atoms with Crippen LogP contribution in [0.2, 0.25) is 0 Å². The van der Waals surface area contributed by atoms with Crippen molar-refractivity contribution in [1.82, 2.24) is 10.6 Å². The van der Waals surface area contributed by atoms with Crippen LogP contribution in [0.15, 0.2) is 0 Å². The highest BCUT2D eigenvalue weighted by atomic mass is 15.0. The molecule has 12 heavy (non-hydrogen) atoms. The zero-order chi connectivity index (χ0) is 8.39. The van der Waals surface area contributed by atoms with E-state index in [0.717, 1.165) is 18.0 Å². The lowest BCUT2D eigenvalue weighted by atomic mass is 10.0. The maximum atomic E-state index is 3.74. The molecule has 1 aliphatic carbocycles. The Bertz CT molecular complexity index is 137. The lowest BCUT2D eigenvalue weighted by Crippen LogP contribution is -2.44. The molecule has 1 saturated carbocycles. The molecule has 2 nitrogen and oxygen atoms in total. The lowest BCUT2D eigenvalue weighted by Gasteiger charge is -2.27. The van der Waals surface area contributed by atoms with E-state index in [4.69, 9.17) is 0 Å². The second kappa shape index (κ2) is 3.75. The zero-order valence-electron chi connectivity index (χ0n) is 7.97.